The molecule has 10 atom stereocenters. The van der Waals surface area contributed by atoms with E-state index in [0.717, 1.165) is 17.2 Å². The van der Waals surface area contributed by atoms with E-state index < -0.39 is 78.0 Å². The normalized spacial score (nSPS) is 37.2. The maximum Gasteiger partial charge on any atom is 0.472 e. The van der Waals surface area contributed by atoms with Crippen LogP contribution in [0.4, 0.5) is 10.2 Å². The minimum absolute atomic E-state index is 0.00347. The molecule has 0 saturated carbocycles. The second-order valence-corrected chi connectivity index (χ2v) is 14.3. The first kappa shape index (κ1) is 32.5. The summed E-state index contributed by atoms with van der Waals surface area (Å²) < 4.78 is 76.7. The van der Waals surface area contributed by atoms with Crippen molar-refractivity contribution in [1.29, 1.82) is 0 Å². The molecule has 0 aliphatic carbocycles. The van der Waals surface area contributed by atoms with E-state index in [1.807, 2.05) is 0 Å². The first-order chi connectivity index (χ1) is 21.7. The first-order valence-electron chi connectivity index (χ1n) is 13.1. The summed E-state index contributed by atoms with van der Waals surface area (Å²) in [5.41, 5.74) is 6.54. The van der Waals surface area contributed by atoms with Gasteiger partial charge in [0.1, 0.15) is 42.4 Å². The maximum atomic E-state index is 15.9. The third-order valence-corrected chi connectivity index (χ3v) is 10.5. The third-order valence-electron chi connectivity index (χ3n) is 7.49. The standard InChI is InChI=1S/C22H21Cl3FN7O11P2/c23-7-1-9-10(2-8(7)24)33(22(25)31-9)21-15(34)17-12(42-21)4-40-45(35,36)43-16-11(3-39-46(37,38)44-17)41-20(13(16)26)32-6-30-14-18(27)28-5-29-19(14)32/h1-2,5-6,11-13,15-17,20-21,34H,3-4H2,(H,35,36)(H,37,38)(H2,27,28,29)/t11-,12-,13?,15?,16?,17?,20-,21-/m1/s1. The highest BCUT2D eigenvalue weighted by Gasteiger charge is 2.54. The molecule has 3 aromatic heterocycles. The van der Waals surface area contributed by atoms with Crippen molar-refractivity contribution in [2.45, 2.75) is 49.1 Å². The van der Waals surface area contributed by atoms with Crippen LogP contribution in [0.5, 0.6) is 0 Å². The van der Waals surface area contributed by atoms with Crippen molar-refractivity contribution in [3.05, 3.63) is 40.1 Å². The van der Waals surface area contributed by atoms with Gasteiger partial charge < -0.3 is 30.1 Å². The van der Waals surface area contributed by atoms with Crippen LogP contribution < -0.4 is 5.73 Å². The number of nitrogens with two attached hydrogens (primary N) is 1. The number of hydrogen-bond donors (Lipinski definition) is 4. The average Bonchev–Trinajstić information content (AvgIpc) is 3.71. The minimum Gasteiger partial charge on any atom is -0.386 e. The van der Waals surface area contributed by atoms with Crippen molar-refractivity contribution < 1.29 is 56.0 Å². The van der Waals surface area contributed by atoms with E-state index >= 15 is 4.39 Å². The Morgan fingerprint density at radius 3 is 2.28 bits per heavy atom. The minimum atomic E-state index is -5.12. The number of fused-ring (bicyclic) bond motifs is 4. The molecule has 18 nitrogen and oxygen atoms in total. The SMILES string of the molecule is Nc1ncnc2c1ncn2[C@@H]1O[C@@H]2COP(=O)(O)OC3C(O)[C@H](n4c(Cl)nc5cc(Cl)c(Cl)cc54)O[C@@H]3COP(=O)(O)OC2C1F. The van der Waals surface area contributed by atoms with E-state index in [9.17, 15) is 24.0 Å². The van der Waals surface area contributed by atoms with Gasteiger partial charge in [0.15, 0.2) is 30.1 Å². The van der Waals surface area contributed by atoms with Crippen molar-refractivity contribution in [2.75, 3.05) is 18.9 Å². The highest BCUT2D eigenvalue weighted by atomic mass is 35.5. The largest absolute Gasteiger partial charge is 0.472 e. The van der Waals surface area contributed by atoms with Crippen LogP contribution in [0.25, 0.3) is 22.2 Å². The summed E-state index contributed by atoms with van der Waals surface area (Å²) >= 11 is 18.6. The van der Waals surface area contributed by atoms with Crippen LogP contribution >= 0.6 is 50.4 Å². The van der Waals surface area contributed by atoms with Crippen molar-refractivity contribution >= 4 is 78.5 Å². The number of aliphatic hydroxyl groups is 1. The second kappa shape index (κ2) is 11.8. The van der Waals surface area contributed by atoms with E-state index in [1.165, 1.54) is 16.7 Å². The fourth-order valence-corrected chi connectivity index (χ4v) is 7.95. The van der Waals surface area contributed by atoms with Gasteiger partial charge in [0.2, 0.25) is 5.28 Å². The van der Waals surface area contributed by atoms with Crippen molar-refractivity contribution in [3.8, 4) is 0 Å². The lowest BCUT2D eigenvalue weighted by Crippen LogP contribution is -2.38. The number of halogens is 4. The van der Waals surface area contributed by atoms with Crippen LogP contribution in [0.1, 0.15) is 12.5 Å². The molecular weight excluding hydrogens is 726 g/mol. The lowest BCUT2D eigenvalue weighted by Gasteiger charge is -2.27. The average molecular weight is 747 g/mol. The Kier molecular flexibility index (Phi) is 8.35. The van der Waals surface area contributed by atoms with Crippen LogP contribution in [0.15, 0.2) is 24.8 Å². The van der Waals surface area contributed by atoms with Crippen molar-refractivity contribution in [3.63, 3.8) is 0 Å². The third kappa shape index (κ3) is 5.71. The molecule has 24 heteroatoms. The Morgan fingerprint density at radius 1 is 0.935 bits per heavy atom. The van der Waals surface area contributed by atoms with Gasteiger partial charge in [0.05, 0.1) is 40.6 Å². The number of benzene rings is 1. The zero-order chi connectivity index (χ0) is 32.7. The molecule has 7 rings (SSSR count). The predicted octanol–water partition coefficient (Wildman–Crippen LogP) is 2.93. The Bertz CT molecular complexity index is 1940. The number of hydrogen-bond acceptors (Lipinski definition) is 14. The maximum absolute atomic E-state index is 15.9. The summed E-state index contributed by atoms with van der Waals surface area (Å²) in [5, 5.41) is 11.3. The van der Waals surface area contributed by atoms with Crippen LogP contribution in [0, 0.1) is 0 Å². The lowest BCUT2D eigenvalue weighted by molar-refractivity contribution is -0.0662. The Hall–Kier alpha value is -2.06. The van der Waals surface area contributed by atoms with Gasteiger partial charge in [0, 0.05) is 0 Å². The van der Waals surface area contributed by atoms with Crippen LogP contribution in [0.3, 0.4) is 0 Å². The zero-order valence-corrected chi connectivity index (χ0v) is 26.7. The topological polar surface area (TPSA) is 238 Å². The number of nitrogen functional groups attached to an aromatic ring is 1. The Morgan fingerprint density at radius 2 is 1.57 bits per heavy atom. The van der Waals surface area contributed by atoms with Gasteiger partial charge in [-0.05, 0) is 23.7 Å². The molecule has 0 spiro atoms. The number of rotatable bonds is 2. The number of phosphoric ester groups is 2. The highest BCUT2D eigenvalue weighted by Crippen LogP contribution is 2.54. The number of alkyl halides is 1. The fourth-order valence-electron chi connectivity index (χ4n) is 5.44. The van der Waals surface area contributed by atoms with Gasteiger partial charge in [-0.3, -0.25) is 27.2 Å². The van der Waals surface area contributed by atoms with E-state index in [0.29, 0.717) is 0 Å². The lowest BCUT2D eigenvalue weighted by atomic mass is 10.1. The monoisotopic (exact) mass is 745 g/mol. The molecule has 5 N–H and O–H groups in total. The molecule has 6 unspecified atom stereocenters. The Balaban J connectivity index is 1.18. The summed E-state index contributed by atoms with van der Waals surface area (Å²) in [7, 11) is -10.2. The number of anilines is 1. The molecule has 4 aromatic rings. The number of nitrogens with zero attached hydrogens (tertiary/aromatic N) is 6. The molecule has 3 aliphatic heterocycles. The van der Waals surface area contributed by atoms with E-state index in [1.54, 1.807) is 0 Å². The molecule has 3 saturated heterocycles. The Labute approximate surface area is 271 Å². The smallest absolute Gasteiger partial charge is 0.386 e. The first-order valence-corrected chi connectivity index (χ1v) is 17.3. The van der Waals surface area contributed by atoms with Crippen molar-refractivity contribution in [2.24, 2.45) is 0 Å². The molecule has 3 aliphatic rings. The molecule has 3 fully saturated rings. The van der Waals surface area contributed by atoms with E-state index in [2.05, 4.69) is 19.9 Å². The van der Waals surface area contributed by atoms with E-state index in [4.69, 9.17) is 68.1 Å². The van der Waals surface area contributed by atoms with Gasteiger partial charge >= 0.3 is 15.6 Å². The quantitative estimate of drug-likeness (QED) is 0.216. The number of ether oxygens (including phenoxy) is 2. The van der Waals surface area contributed by atoms with Crippen molar-refractivity contribution in [1.82, 2.24) is 29.1 Å². The second-order valence-electron chi connectivity index (χ2n) is 10.3. The molecule has 1 aromatic carbocycles. The van der Waals surface area contributed by atoms with Gasteiger partial charge in [0.25, 0.3) is 0 Å². The fraction of sp³-hybridized carbons (Fsp3) is 0.455. The number of imidazole rings is 2. The summed E-state index contributed by atoms with van der Waals surface area (Å²) in [6.45, 7) is -1.74. The van der Waals surface area contributed by atoms with E-state index in [-0.39, 0.29) is 43.3 Å². The van der Waals surface area contributed by atoms with Gasteiger partial charge in [-0.15, -0.1) is 0 Å². The number of phosphoric acid groups is 2. The summed E-state index contributed by atoms with van der Waals surface area (Å²) in [5.74, 6) is 0.00347. The number of aromatic nitrogens is 6. The van der Waals surface area contributed by atoms with Crippen LogP contribution in [-0.4, -0.2) is 93.9 Å². The molecule has 0 radical (unpaired) electrons. The molecule has 248 valence electrons. The summed E-state index contributed by atoms with van der Waals surface area (Å²) in [6.07, 6.45) is -11.3. The zero-order valence-electron chi connectivity index (χ0n) is 22.6. The molecular formula is C22H21Cl3FN7O11P2. The molecule has 0 amide bonds. The molecule has 6 heterocycles. The van der Waals surface area contributed by atoms with Gasteiger partial charge in [-0.25, -0.2) is 33.5 Å². The van der Waals surface area contributed by atoms with Crippen LogP contribution in [-0.2, 0) is 36.7 Å². The predicted molar refractivity (Wildman–Crippen MR) is 155 cm³/mol. The van der Waals surface area contributed by atoms with Gasteiger partial charge in [-0.2, -0.15) is 0 Å². The van der Waals surface area contributed by atoms with Crippen LogP contribution in [0.2, 0.25) is 15.3 Å². The number of aliphatic hydroxyl groups excluding tert-OH is 1. The summed E-state index contributed by atoms with van der Waals surface area (Å²) in [6, 6.07) is 2.82. The molecule has 46 heavy (non-hydrogen) atoms. The van der Waals surface area contributed by atoms with Gasteiger partial charge in [-0.1, -0.05) is 23.2 Å². The summed E-state index contributed by atoms with van der Waals surface area (Å²) in [4.78, 5) is 37.3. The molecule has 0 bridgehead atoms. The highest BCUT2D eigenvalue weighted by molar-refractivity contribution is 7.47.